The van der Waals surface area contributed by atoms with Gasteiger partial charge in [0.05, 0.1) is 6.61 Å². The number of aromatic nitrogens is 1. The fourth-order valence-electron chi connectivity index (χ4n) is 1.91. The van der Waals surface area contributed by atoms with Crippen LogP contribution in [-0.4, -0.2) is 17.5 Å². The molecule has 0 saturated heterocycles. The highest BCUT2D eigenvalue weighted by Gasteiger charge is 2.09. The minimum Gasteiger partial charge on any atom is -0.494 e. The summed E-state index contributed by atoms with van der Waals surface area (Å²) in [4.78, 5) is 16.4. The fraction of sp³-hybridized carbons (Fsp3) is 0.250. The summed E-state index contributed by atoms with van der Waals surface area (Å²) in [6.45, 7) is 6.35. The molecule has 4 nitrogen and oxygen atoms in total. The van der Waals surface area contributed by atoms with E-state index in [2.05, 4.69) is 10.3 Å². The normalized spacial score (nSPS) is 10.2. The van der Waals surface area contributed by atoms with E-state index in [1.807, 2.05) is 45.0 Å². The Balaban J connectivity index is 2.15. The van der Waals surface area contributed by atoms with Crippen molar-refractivity contribution in [3.05, 3.63) is 53.2 Å². The van der Waals surface area contributed by atoms with Crippen molar-refractivity contribution in [2.45, 2.75) is 20.8 Å². The smallest absolute Gasteiger partial charge is 0.256 e. The van der Waals surface area contributed by atoms with E-state index >= 15 is 0 Å². The predicted octanol–water partition coefficient (Wildman–Crippen LogP) is 3.35. The molecule has 1 heterocycles. The van der Waals surface area contributed by atoms with Gasteiger partial charge in [-0.25, -0.2) is 4.98 Å². The molecule has 0 unspecified atom stereocenters. The van der Waals surface area contributed by atoms with Crippen LogP contribution in [0, 0.1) is 13.8 Å². The third kappa shape index (κ3) is 3.35. The SMILES string of the molecule is CCOc1ccc(C(=O)Nc2cccc(C)n2)cc1C. The number of nitrogens with one attached hydrogen (secondary N) is 1. The van der Waals surface area contributed by atoms with Gasteiger partial charge in [0.2, 0.25) is 0 Å². The van der Waals surface area contributed by atoms with E-state index in [1.54, 1.807) is 12.1 Å². The molecule has 20 heavy (non-hydrogen) atoms. The van der Waals surface area contributed by atoms with Crippen LogP contribution in [0.25, 0.3) is 0 Å². The zero-order chi connectivity index (χ0) is 14.5. The number of nitrogens with zero attached hydrogens (tertiary/aromatic N) is 1. The highest BCUT2D eigenvalue weighted by Crippen LogP contribution is 2.19. The number of carbonyl (C=O) groups excluding carboxylic acids is 1. The lowest BCUT2D eigenvalue weighted by Crippen LogP contribution is -2.13. The molecule has 2 aromatic rings. The maximum Gasteiger partial charge on any atom is 0.256 e. The Hall–Kier alpha value is -2.36. The van der Waals surface area contributed by atoms with E-state index < -0.39 is 0 Å². The molecule has 0 aliphatic carbocycles. The molecule has 4 heteroatoms. The van der Waals surface area contributed by atoms with E-state index in [9.17, 15) is 4.79 Å². The first-order valence-corrected chi connectivity index (χ1v) is 6.58. The van der Waals surface area contributed by atoms with Crippen molar-refractivity contribution >= 4 is 11.7 Å². The van der Waals surface area contributed by atoms with Crippen LogP contribution >= 0.6 is 0 Å². The Bertz CT molecular complexity index is 624. The Morgan fingerprint density at radius 2 is 2.05 bits per heavy atom. The van der Waals surface area contributed by atoms with Gasteiger partial charge in [-0.2, -0.15) is 0 Å². The summed E-state index contributed by atoms with van der Waals surface area (Å²) >= 11 is 0. The summed E-state index contributed by atoms with van der Waals surface area (Å²) in [6.07, 6.45) is 0. The minimum atomic E-state index is -0.172. The van der Waals surface area contributed by atoms with Crippen LogP contribution in [0.2, 0.25) is 0 Å². The van der Waals surface area contributed by atoms with Gasteiger partial charge in [0.1, 0.15) is 11.6 Å². The zero-order valence-electron chi connectivity index (χ0n) is 11.9. The molecule has 0 spiro atoms. The molecule has 1 N–H and O–H groups in total. The molecule has 1 amide bonds. The quantitative estimate of drug-likeness (QED) is 0.927. The zero-order valence-corrected chi connectivity index (χ0v) is 11.9. The standard InChI is InChI=1S/C16H18N2O2/c1-4-20-14-9-8-13(10-11(14)2)16(19)18-15-7-5-6-12(3)17-15/h5-10H,4H2,1-3H3,(H,17,18,19). The number of carbonyl (C=O) groups is 1. The number of amides is 1. The average molecular weight is 270 g/mol. The molecule has 1 aromatic carbocycles. The first-order chi connectivity index (χ1) is 9.60. The topological polar surface area (TPSA) is 51.2 Å². The molecule has 1 aromatic heterocycles. The van der Waals surface area contributed by atoms with E-state index in [0.29, 0.717) is 18.0 Å². The van der Waals surface area contributed by atoms with Crippen LogP contribution in [0.15, 0.2) is 36.4 Å². The van der Waals surface area contributed by atoms with Crippen LogP contribution < -0.4 is 10.1 Å². The minimum absolute atomic E-state index is 0.172. The van der Waals surface area contributed by atoms with E-state index in [-0.39, 0.29) is 5.91 Å². The Morgan fingerprint density at radius 1 is 1.25 bits per heavy atom. The molecule has 0 fully saturated rings. The number of hydrogen-bond donors (Lipinski definition) is 1. The van der Waals surface area contributed by atoms with Gasteiger partial charge in [-0.05, 0) is 56.7 Å². The lowest BCUT2D eigenvalue weighted by Gasteiger charge is -2.09. The summed E-state index contributed by atoms with van der Waals surface area (Å²) in [5.41, 5.74) is 2.40. The molecule has 0 radical (unpaired) electrons. The van der Waals surface area contributed by atoms with Gasteiger partial charge in [-0.15, -0.1) is 0 Å². The van der Waals surface area contributed by atoms with Crippen molar-refractivity contribution in [1.29, 1.82) is 0 Å². The number of pyridine rings is 1. The van der Waals surface area contributed by atoms with Crippen LogP contribution in [0.4, 0.5) is 5.82 Å². The van der Waals surface area contributed by atoms with E-state index in [4.69, 9.17) is 4.74 Å². The maximum atomic E-state index is 12.2. The molecule has 0 bridgehead atoms. The molecule has 0 aliphatic rings. The largest absolute Gasteiger partial charge is 0.494 e. The molecular weight excluding hydrogens is 252 g/mol. The van der Waals surface area contributed by atoms with Crippen LogP contribution in [0.3, 0.4) is 0 Å². The second-order valence-electron chi connectivity index (χ2n) is 4.53. The summed E-state index contributed by atoms with van der Waals surface area (Å²) in [6, 6.07) is 10.9. The second kappa shape index (κ2) is 6.19. The molecular formula is C16H18N2O2. The Labute approximate surface area is 118 Å². The number of hydrogen-bond acceptors (Lipinski definition) is 3. The van der Waals surface area contributed by atoms with E-state index in [1.165, 1.54) is 0 Å². The van der Waals surface area contributed by atoms with Crippen molar-refractivity contribution in [3.63, 3.8) is 0 Å². The number of ether oxygens (including phenoxy) is 1. The average Bonchev–Trinajstić information content (AvgIpc) is 2.41. The van der Waals surface area contributed by atoms with Crippen molar-refractivity contribution in [2.75, 3.05) is 11.9 Å². The van der Waals surface area contributed by atoms with Crippen LogP contribution in [-0.2, 0) is 0 Å². The first kappa shape index (κ1) is 14.1. The monoisotopic (exact) mass is 270 g/mol. The Kier molecular flexibility index (Phi) is 4.35. The number of anilines is 1. The highest BCUT2D eigenvalue weighted by molar-refractivity contribution is 6.04. The van der Waals surface area contributed by atoms with Crippen molar-refractivity contribution in [1.82, 2.24) is 4.98 Å². The van der Waals surface area contributed by atoms with Gasteiger partial charge in [-0.1, -0.05) is 6.07 Å². The second-order valence-corrected chi connectivity index (χ2v) is 4.53. The third-order valence-electron chi connectivity index (χ3n) is 2.87. The predicted molar refractivity (Wildman–Crippen MR) is 79.3 cm³/mol. The van der Waals surface area contributed by atoms with Gasteiger partial charge in [0.25, 0.3) is 5.91 Å². The van der Waals surface area contributed by atoms with Gasteiger partial charge in [0, 0.05) is 11.3 Å². The van der Waals surface area contributed by atoms with E-state index in [0.717, 1.165) is 17.0 Å². The summed E-state index contributed by atoms with van der Waals surface area (Å²) in [7, 11) is 0. The van der Waals surface area contributed by atoms with Gasteiger partial charge in [0.15, 0.2) is 0 Å². The molecule has 2 rings (SSSR count). The van der Waals surface area contributed by atoms with Crippen LogP contribution in [0.1, 0.15) is 28.5 Å². The highest BCUT2D eigenvalue weighted by atomic mass is 16.5. The van der Waals surface area contributed by atoms with Crippen molar-refractivity contribution in [3.8, 4) is 5.75 Å². The number of aryl methyl sites for hydroxylation is 2. The fourth-order valence-corrected chi connectivity index (χ4v) is 1.91. The van der Waals surface area contributed by atoms with Crippen molar-refractivity contribution < 1.29 is 9.53 Å². The molecule has 0 atom stereocenters. The van der Waals surface area contributed by atoms with Gasteiger partial charge >= 0.3 is 0 Å². The lowest BCUT2D eigenvalue weighted by atomic mass is 10.1. The number of rotatable bonds is 4. The maximum absolute atomic E-state index is 12.2. The first-order valence-electron chi connectivity index (χ1n) is 6.58. The summed E-state index contributed by atoms with van der Waals surface area (Å²) in [5, 5.41) is 2.79. The molecule has 0 saturated carbocycles. The van der Waals surface area contributed by atoms with Crippen molar-refractivity contribution in [2.24, 2.45) is 0 Å². The summed E-state index contributed by atoms with van der Waals surface area (Å²) < 4.78 is 5.46. The molecule has 0 aliphatic heterocycles. The van der Waals surface area contributed by atoms with Gasteiger partial charge in [-0.3, -0.25) is 4.79 Å². The van der Waals surface area contributed by atoms with Crippen LogP contribution in [0.5, 0.6) is 5.75 Å². The number of benzene rings is 1. The van der Waals surface area contributed by atoms with Gasteiger partial charge < -0.3 is 10.1 Å². The molecule has 104 valence electrons. The Morgan fingerprint density at radius 3 is 2.70 bits per heavy atom. The lowest BCUT2D eigenvalue weighted by molar-refractivity contribution is 0.102. The third-order valence-corrected chi connectivity index (χ3v) is 2.87. The summed E-state index contributed by atoms with van der Waals surface area (Å²) in [5.74, 6) is 1.19.